The van der Waals surface area contributed by atoms with Gasteiger partial charge in [-0.3, -0.25) is 9.89 Å². The van der Waals surface area contributed by atoms with Crippen molar-refractivity contribution in [3.63, 3.8) is 0 Å². The second-order valence-electron chi connectivity index (χ2n) is 4.48. The molecule has 1 heterocycles. The molecule has 1 aromatic heterocycles. The molecule has 2 N–H and O–H groups in total. The van der Waals surface area contributed by atoms with E-state index in [1.54, 1.807) is 24.4 Å². The van der Waals surface area contributed by atoms with Crippen LogP contribution in [0.4, 0.5) is 5.82 Å². The van der Waals surface area contributed by atoms with Crippen molar-refractivity contribution in [2.24, 2.45) is 0 Å². The average molecular weight is 259 g/mol. The number of ether oxygens (including phenoxy) is 1. The molecule has 0 radical (unpaired) electrons. The lowest BCUT2D eigenvalue weighted by Gasteiger charge is -2.08. The van der Waals surface area contributed by atoms with Crippen LogP contribution in [0.3, 0.4) is 0 Å². The molecule has 5 heteroatoms. The minimum Gasteiger partial charge on any atom is -0.374 e. The summed E-state index contributed by atoms with van der Waals surface area (Å²) in [4.78, 5) is 11.9. The molecule has 0 bridgehead atoms. The molecule has 0 atom stereocenters. The van der Waals surface area contributed by atoms with Crippen molar-refractivity contribution < 1.29 is 9.53 Å². The average Bonchev–Trinajstić information content (AvgIpc) is 2.89. The van der Waals surface area contributed by atoms with Crippen molar-refractivity contribution >= 4 is 11.7 Å². The van der Waals surface area contributed by atoms with E-state index in [9.17, 15) is 4.79 Å². The molecule has 0 spiro atoms. The maximum atomic E-state index is 11.9. The van der Waals surface area contributed by atoms with Crippen LogP contribution in [0.1, 0.15) is 29.8 Å². The van der Waals surface area contributed by atoms with E-state index in [-0.39, 0.29) is 12.0 Å². The highest BCUT2D eigenvalue weighted by atomic mass is 16.5. The topological polar surface area (TPSA) is 67.0 Å². The Labute approximate surface area is 112 Å². The van der Waals surface area contributed by atoms with E-state index in [0.717, 1.165) is 5.56 Å². The van der Waals surface area contributed by atoms with Crippen LogP contribution in [0.15, 0.2) is 36.5 Å². The molecular formula is C14H17N3O2. The van der Waals surface area contributed by atoms with Crippen molar-refractivity contribution in [2.75, 3.05) is 5.32 Å². The Hall–Kier alpha value is -2.14. The number of carbonyl (C=O) groups excluding carboxylic acids is 1. The number of H-pyrrole nitrogens is 1. The summed E-state index contributed by atoms with van der Waals surface area (Å²) in [5.74, 6) is 0.415. The monoisotopic (exact) mass is 259 g/mol. The highest BCUT2D eigenvalue weighted by Gasteiger charge is 2.06. The van der Waals surface area contributed by atoms with Crippen molar-refractivity contribution in [1.29, 1.82) is 0 Å². The summed E-state index contributed by atoms with van der Waals surface area (Å²) in [5.41, 5.74) is 1.65. The van der Waals surface area contributed by atoms with Gasteiger partial charge >= 0.3 is 0 Å². The Morgan fingerprint density at radius 2 is 2.05 bits per heavy atom. The zero-order chi connectivity index (χ0) is 13.7. The number of hydrogen-bond donors (Lipinski definition) is 2. The van der Waals surface area contributed by atoms with Gasteiger partial charge < -0.3 is 10.1 Å². The van der Waals surface area contributed by atoms with Gasteiger partial charge in [-0.2, -0.15) is 5.10 Å². The van der Waals surface area contributed by atoms with E-state index in [4.69, 9.17) is 4.74 Å². The van der Waals surface area contributed by atoms with Gasteiger partial charge in [0.2, 0.25) is 0 Å². The minimum atomic E-state index is -0.166. The third kappa shape index (κ3) is 3.93. The normalized spacial score (nSPS) is 10.7. The number of anilines is 1. The number of benzene rings is 1. The predicted octanol–water partition coefficient (Wildman–Crippen LogP) is 2.59. The Balaban J connectivity index is 1.96. The summed E-state index contributed by atoms with van der Waals surface area (Å²) >= 11 is 0. The van der Waals surface area contributed by atoms with Crippen molar-refractivity contribution in [1.82, 2.24) is 10.2 Å². The molecule has 0 saturated carbocycles. The van der Waals surface area contributed by atoms with Crippen LogP contribution in [0.5, 0.6) is 0 Å². The summed E-state index contributed by atoms with van der Waals surface area (Å²) in [6, 6.07) is 9.05. The molecule has 2 rings (SSSR count). The number of carbonyl (C=O) groups is 1. The van der Waals surface area contributed by atoms with Crippen LogP contribution in [0.25, 0.3) is 0 Å². The number of hydrogen-bond acceptors (Lipinski definition) is 3. The van der Waals surface area contributed by atoms with Gasteiger partial charge in [0.1, 0.15) is 5.82 Å². The van der Waals surface area contributed by atoms with Gasteiger partial charge in [-0.25, -0.2) is 0 Å². The van der Waals surface area contributed by atoms with E-state index in [1.807, 2.05) is 26.0 Å². The first-order valence-corrected chi connectivity index (χ1v) is 6.16. The molecule has 5 nitrogen and oxygen atoms in total. The minimum absolute atomic E-state index is 0.166. The first kappa shape index (κ1) is 13.3. The lowest BCUT2D eigenvalue weighted by molar-refractivity contribution is 0.0657. The molecule has 0 fully saturated rings. The number of aromatic nitrogens is 2. The first-order valence-electron chi connectivity index (χ1n) is 6.16. The van der Waals surface area contributed by atoms with Crippen LogP contribution in [-0.2, 0) is 11.3 Å². The third-order valence-corrected chi connectivity index (χ3v) is 2.55. The van der Waals surface area contributed by atoms with Crippen LogP contribution in [0, 0.1) is 0 Å². The summed E-state index contributed by atoms with van der Waals surface area (Å²) in [6.07, 6.45) is 1.78. The van der Waals surface area contributed by atoms with Crippen molar-refractivity contribution in [3.05, 3.63) is 47.7 Å². The fourth-order valence-electron chi connectivity index (χ4n) is 1.54. The summed E-state index contributed by atoms with van der Waals surface area (Å²) < 4.78 is 5.50. The van der Waals surface area contributed by atoms with E-state index in [1.165, 1.54) is 0 Å². The van der Waals surface area contributed by atoms with E-state index >= 15 is 0 Å². The van der Waals surface area contributed by atoms with E-state index in [2.05, 4.69) is 15.5 Å². The molecule has 19 heavy (non-hydrogen) atoms. The van der Waals surface area contributed by atoms with Crippen LogP contribution in [-0.4, -0.2) is 22.2 Å². The molecule has 0 saturated heterocycles. The quantitative estimate of drug-likeness (QED) is 0.867. The molecule has 0 unspecified atom stereocenters. The Bertz CT molecular complexity index is 518. The number of aromatic amines is 1. The zero-order valence-electron chi connectivity index (χ0n) is 11.0. The maximum Gasteiger partial charge on any atom is 0.256 e. The fourth-order valence-corrected chi connectivity index (χ4v) is 1.54. The lowest BCUT2D eigenvalue weighted by Crippen LogP contribution is -2.12. The lowest BCUT2D eigenvalue weighted by atomic mass is 10.1. The van der Waals surface area contributed by atoms with Crippen molar-refractivity contribution in [2.45, 2.75) is 26.6 Å². The Morgan fingerprint density at radius 1 is 1.32 bits per heavy atom. The smallest absolute Gasteiger partial charge is 0.256 e. The van der Waals surface area contributed by atoms with E-state index < -0.39 is 0 Å². The molecule has 0 aliphatic heterocycles. The highest BCUT2D eigenvalue weighted by Crippen LogP contribution is 2.09. The van der Waals surface area contributed by atoms with Gasteiger partial charge in [-0.05, 0) is 31.5 Å². The third-order valence-electron chi connectivity index (χ3n) is 2.55. The molecule has 100 valence electrons. The zero-order valence-corrected chi connectivity index (χ0v) is 11.0. The highest BCUT2D eigenvalue weighted by molar-refractivity contribution is 6.03. The summed E-state index contributed by atoms with van der Waals surface area (Å²) in [5, 5.41) is 9.17. The van der Waals surface area contributed by atoms with Crippen molar-refractivity contribution in [3.8, 4) is 0 Å². The second kappa shape index (κ2) is 6.15. The maximum absolute atomic E-state index is 11.9. The summed E-state index contributed by atoms with van der Waals surface area (Å²) in [7, 11) is 0. The fraction of sp³-hybridized carbons (Fsp3) is 0.286. The first-order chi connectivity index (χ1) is 9.15. The van der Waals surface area contributed by atoms with Crippen LogP contribution < -0.4 is 5.32 Å². The van der Waals surface area contributed by atoms with Gasteiger partial charge in [-0.15, -0.1) is 0 Å². The Morgan fingerprint density at radius 3 is 2.63 bits per heavy atom. The van der Waals surface area contributed by atoms with E-state index in [0.29, 0.717) is 18.0 Å². The van der Waals surface area contributed by atoms with Crippen LogP contribution >= 0.6 is 0 Å². The number of nitrogens with zero attached hydrogens (tertiary/aromatic N) is 1. The van der Waals surface area contributed by atoms with Gasteiger partial charge in [0.15, 0.2) is 0 Å². The number of rotatable bonds is 5. The Kier molecular flexibility index (Phi) is 4.30. The number of amides is 1. The van der Waals surface area contributed by atoms with Gasteiger partial charge in [0.25, 0.3) is 5.91 Å². The van der Waals surface area contributed by atoms with Crippen LogP contribution in [0.2, 0.25) is 0 Å². The molecule has 0 aliphatic carbocycles. The molecule has 2 aromatic rings. The van der Waals surface area contributed by atoms with Gasteiger partial charge in [0, 0.05) is 11.6 Å². The van der Waals surface area contributed by atoms with Gasteiger partial charge in [-0.1, -0.05) is 12.1 Å². The molecular weight excluding hydrogens is 242 g/mol. The predicted molar refractivity (Wildman–Crippen MR) is 72.9 cm³/mol. The summed E-state index contributed by atoms with van der Waals surface area (Å²) in [6.45, 7) is 4.54. The molecule has 0 aliphatic rings. The van der Waals surface area contributed by atoms with Gasteiger partial charge in [0.05, 0.1) is 18.9 Å². The SMILES string of the molecule is CC(C)OCc1ccc(C(=O)Nc2ccn[nH]2)cc1. The second-order valence-corrected chi connectivity index (χ2v) is 4.48. The standard InChI is InChI=1S/C14H17N3O2/c1-10(2)19-9-11-3-5-12(6-4-11)14(18)16-13-7-8-15-17-13/h3-8,10H,9H2,1-2H3,(H2,15,16,17,18). The largest absolute Gasteiger partial charge is 0.374 e. The molecule has 1 amide bonds. The number of nitrogens with one attached hydrogen (secondary N) is 2. The molecule has 1 aromatic carbocycles.